The first kappa shape index (κ1) is 25.2. The molecule has 37 heavy (non-hydrogen) atoms. The van der Waals surface area contributed by atoms with Gasteiger partial charge in [-0.25, -0.2) is 9.40 Å². The molecule has 5 rings (SSSR count). The molecule has 1 N–H and O–H groups in total. The first-order valence-electron chi connectivity index (χ1n) is 11.8. The lowest BCUT2D eigenvalue weighted by Gasteiger charge is -2.23. The minimum absolute atomic E-state index is 0.00593. The molecule has 0 radical (unpaired) electrons. The molecule has 9 heteroatoms. The van der Waals surface area contributed by atoms with Gasteiger partial charge in [0.1, 0.15) is 11.1 Å². The Morgan fingerprint density at radius 3 is 2.65 bits per heavy atom. The third-order valence-corrected chi connectivity index (χ3v) is 7.65. The number of aryl methyl sites for hydroxylation is 2. The molecule has 3 aromatic carbocycles. The average molecular weight is 535 g/mol. The van der Waals surface area contributed by atoms with E-state index < -0.39 is 5.25 Å². The third kappa shape index (κ3) is 5.60. The molecule has 0 bridgehead atoms. The molecule has 2 heterocycles. The lowest BCUT2D eigenvalue weighted by atomic mass is 9.98. The van der Waals surface area contributed by atoms with Gasteiger partial charge in [0, 0.05) is 23.6 Å². The molecule has 188 valence electrons. The summed E-state index contributed by atoms with van der Waals surface area (Å²) in [5, 5.41) is 9.76. The molecule has 2 aliphatic heterocycles. The number of rotatable bonds is 5. The lowest BCUT2D eigenvalue weighted by molar-refractivity contribution is -0.121. The van der Waals surface area contributed by atoms with E-state index in [9.17, 15) is 14.0 Å². The number of halogens is 2. The fourth-order valence-electron chi connectivity index (χ4n) is 4.40. The van der Waals surface area contributed by atoms with Crippen molar-refractivity contribution in [3.8, 4) is 0 Å². The van der Waals surface area contributed by atoms with Gasteiger partial charge in [0.05, 0.1) is 11.8 Å². The van der Waals surface area contributed by atoms with Crippen LogP contribution >= 0.6 is 23.4 Å². The normalized spacial score (nSPS) is 19.1. The Morgan fingerprint density at radius 2 is 1.92 bits per heavy atom. The highest BCUT2D eigenvalue weighted by molar-refractivity contribution is 8.15. The van der Waals surface area contributed by atoms with Gasteiger partial charge in [-0.05, 0) is 60.9 Å². The minimum Gasteiger partial charge on any atom is -0.326 e. The maximum absolute atomic E-state index is 13.5. The number of aliphatic imine (C=N–C) groups is 1. The molecule has 0 saturated carbocycles. The Bertz CT molecular complexity index is 1440. The molecule has 3 aromatic rings. The number of hydrogen-bond donors (Lipinski definition) is 1. The quantitative estimate of drug-likeness (QED) is 0.418. The summed E-state index contributed by atoms with van der Waals surface area (Å²) in [6, 6.07) is 19.1. The number of nitrogens with zero attached hydrogens (tertiary/aromatic N) is 3. The molecule has 0 aliphatic carbocycles. The smallest absolute Gasteiger partial charge is 0.262 e. The van der Waals surface area contributed by atoms with E-state index in [0.29, 0.717) is 16.6 Å². The summed E-state index contributed by atoms with van der Waals surface area (Å²) in [6.45, 7) is 3.92. The van der Waals surface area contributed by atoms with Crippen LogP contribution in [0.2, 0.25) is 5.02 Å². The van der Waals surface area contributed by atoms with Gasteiger partial charge in [-0.15, -0.1) is 0 Å². The van der Waals surface area contributed by atoms with Crippen molar-refractivity contribution in [1.29, 1.82) is 0 Å². The van der Waals surface area contributed by atoms with Gasteiger partial charge >= 0.3 is 0 Å². The Hall–Kier alpha value is -3.49. The van der Waals surface area contributed by atoms with Crippen molar-refractivity contribution in [1.82, 2.24) is 5.01 Å². The second-order valence-electron chi connectivity index (χ2n) is 9.08. The zero-order chi connectivity index (χ0) is 26.1. The lowest BCUT2D eigenvalue weighted by Crippen LogP contribution is -2.25. The highest BCUT2D eigenvalue weighted by atomic mass is 35.5. The summed E-state index contributed by atoms with van der Waals surface area (Å²) in [5.41, 5.74) is 5.24. The van der Waals surface area contributed by atoms with E-state index in [-0.39, 0.29) is 30.1 Å². The number of carbonyl (C=O) groups is 2. The van der Waals surface area contributed by atoms with Crippen molar-refractivity contribution in [3.63, 3.8) is 0 Å². The molecule has 0 aromatic heterocycles. The summed E-state index contributed by atoms with van der Waals surface area (Å²) in [7, 11) is 0. The SMILES string of the molecule is Cc1ccc(NC(=O)C[C@H]2SC(N3N=C(c4ccc(F)cc4)C[C@H]3c3cccc(Cl)c3)=NC2=O)c(C)c1. The first-order valence-corrected chi connectivity index (χ1v) is 13.1. The highest BCUT2D eigenvalue weighted by Gasteiger charge is 2.39. The van der Waals surface area contributed by atoms with E-state index >= 15 is 0 Å². The highest BCUT2D eigenvalue weighted by Crippen LogP contribution is 2.39. The van der Waals surface area contributed by atoms with E-state index in [2.05, 4.69) is 10.3 Å². The largest absolute Gasteiger partial charge is 0.326 e. The van der Waals surface area contributed by atoms with Gasteiger partial charge in [0.25, 0.3) is 5.91 Å². The van der Waals surface area contributed by atoms with E-state index in [1.165, 1.54) is 23.9 Å². The number of thioether (sulfide) groups is 1. The Morgan fingerprint density at radius 1 is 1.14 bits per heavy atom. The molecule has 0 fully saturated rings. The van der Waals surface area contributed by atoms with Crippen LogP contribution in [0.1, 0.15) is 41.1 Å². The molecular formula is C28H24ClFN4O2S. The summed E-state index contributed by atoms with van der Waals surface area (Å²) < 4.78 is 13.5. The molecule has 0 saturated heterocycles. The second kappa shape index (κ2) is 10.5. The van der Waals surface area contributed by atoms with Crippen molar-refractivity contribution < 1.29 is 14.0 Å². The molecule has 0 spiro atoms. The summed E-state index contributed by atoms with van der Waals surface area (Å²) in [6.07, 6.45) is 0.519. The van der Waals surface area contributed by atoms with Crippen molar-refractivity contribution in [2.75, 3.05) is 5.32 Å². The fraction of sp³-hybridized carbons (Fsp3) is 0.214. The number of amides is 2. The fourth-order valence-corrected chi connectivity index (χ4v) is 5.67. The molecule has 6 nitrogen and oxygen atoms in total. The summed E-state index contributed by atoms with van der Waals surface area (Å²) >= 11 is 7.49. The van der Waals surface area contributed by atoms with E-state index in [1.54, 1.807) is 23.2 Å². The van der Waals surface area contributed by atoms with Crippen LogP contribution < -0.4 is 5.32 Å². The van der Waals surface area contributed by atoms with Crippen molar-refractivity contribution in [3.05, 3.63) is 99.8 Å². The number of anilines is 1. The van der Waals surface area contributed by atoms with E-state index in [1.807, 2.05) is 50.2 Å². The van der Waals surface area contributed by atoms with Crippen LogP contribution in [0.4, 0.5) is 10.1 Å². The van der Waals surface area contributed by atoms with Gasteiger partial charge < -0.3 is 5.32 Å². The predicted octanol–water partition coefficient (Wildman–Crippen LogP) is 6.27. The Kier molecular flexibility index (Phi) is 7.13. The predicted molar refractivity (Wildman–Crippen MR) is 147 cm³/mol. The number of benzene rings is 3. The van der Waals surface area contributed by atoms with Crippen LogP contribution in [0.25, 0.3) is 0 Å². The van der Waals surface area contributed by atoms with Crippen LogP contribution in [0, 0.1) is 19.7 Å². The topological polar surface area (TPSA) is 74.1 Å². The van der Waals surface area contributed by atoms with Crippen LogP contribution in [0.5, 0.6) is 0 Å². The van der Waals surface area contributed by atoms with Gasteiger partial charge in [-0.1, -0.05) is 65.3 Å². The number of amidine groups is 1. The minimum atomic E-state index is -0.647. The standard InChI is InChI=1S/C28H24ClFN4O2S/c1-16-6-11-22(17(2)12-16)31-26(35)15-25-27(36)32-28(37-25)34-24(19-4-3-5-20(29)13-19)14-23(33-34)18-7-9-21(30)10-8-18/h3-13,24-25H,14-15H2,1-2H3,(H,31,35)/t24-,25+/m0/s1. The molecule has 0 unspecified atom stereocenters. The van der Waals surface area contributed by atoms with Crippen molar-refractivity contribution in [2.45, 2.75) is 38.0 Å². The molecule has 2 atom stereocenters. The first-order chi connectivity index (χ1) is 17.8. The van der Waals surface area contributed by atoms with Gasteiger partial charge in [0.2, 0.25) is 5.91 Å². The number of hydrogen-bond acceptors (Lipinski definition) is 5. The van der Waals surface area contributed by atoms with Crippen LogP contribution in [0.15, 0.2) is 76.8 Å². The Labute approximate surface area is 223 Å². The van der Waals surface area contributed by atoms with Crippen LogP contribution in [-0.2, 0) is 9.59 Å². The maximum Gasteiger partial charge on any atom is 0.262 e. The second-order valence-corrected chi connectivity index (χ2v) is 10.7. The van der Waals surface area contributed by atoms with Crippen molar-refractivity contribution in [2.24, 2.45) is 10.1 Å². The molecule has 2 aliphatic rings. The van der Waals surface area contributed by atoms with Crippen LogP contribution in [0.3, 0.4) is 0 Å². The summed E-state index contributed by atoms with van der Waals surface area (Å²) in [5.74, 6) is -0.947. The van der Waals surface area contributed by atoms with Crippen LogP contribution in [-0.4, -0.2) is 33.0 Å². The van der Waals surface area contributed by atoms with Crippen molar-refractivity contribution >= 4 is 51.7 Å². The maximum atomic E-state index is 13.5. The Balaban J connectivity index is 1.35. The van der Waals surface area contributed by atoms with Gasteiger partial charge in [-0.3, -0.25) is 9.59 Å². The van der Waals surface area contributed by atoms with E-state index in [0.717, 1.165) is 33.7 Å². The monoisotopic (exact) mass is 534 g/mol. The van der Waals surface area contributed by atoms with Gasteiger partial charge in [0.15, 0.2) is 5.17 Å². The molecule has 2 amide bonds. The third-order valence-electron chi connectivity index (χ3n) is 6.27. The number of hydrazone groups is 1. The number of nitrogens with one attached hydrogen (secondary N) is 1. The average Bonchev–Trinajstić information content (AvgIpc) is 3.45. The van der Waals surface area contributed by atoms with E-state index in [4.69, 9.17) is 16.7 Å². The summed E-state index contributed by atoms with van der Waals surface area (Å²) in [4.78, 5) is 29.8. The molecular weight excluding hydrogens is 511 g/mol. The van der Waals surface area contributed by atoms with Gasteiger partial charge in [-0.2, -0.15) is 10.1 Å². The number of carbonyl (C=O) groups excluding carboxylic acids is 2. The zero-order valence-electron chi connectivity index (χ0n) is 20.2. The zero-order valence-corrected chi connectivity index (χ0v) is 21.8.